The maximum atomic E-state index is 13.4. The largest absolute Gasteiger partial charge is 0.281 e. The Morgan fingerprint density at radius 2 is 1.73 bits per heavy atom. The van der Waals surface area contributed by atoms with Gasteiger partial charge in [0.15, 0.2) is 10.7 Å². The van der Waals surface area contributed by atoms with Crippen LogP contribution in [0.1, 0.15) is 23.7 Å². The number of aryl methyl sites for hydroxylation is 2. The molecule has 30 heavy (non-hydrogen) atoms. The molecule has 0 aliphatic rings. The number of rotatable bonds is 6. The minimum atomic E-state index is -0.309. The van der Waals surface area contributed by atoms with Crippen molar-refractivity contribution in [3.63, 3.8) is 0 Å². The van der Waals surface area contributed by atoms with E-state index in [9.17, 15) is 9.18 Å². The van der Waals surface area contributed by atoms with Gasteiger partial charge in [0.1, 0.15) is 11.3 Å². The first-order chi connectivity index (χ1) is 14.5. The molecule has 0 saturated carbocycles. The molecule has 0 fully saturated rings. The van der Waals surface area contributed by atoms with Gasteiger partial charge in [0, 0.05) is 17.3 Å². The molecule has 0 atom stereocenters. The number of fused-ring (bicyclic) bond motifs is 1. The Labute approximate surface area is 182 Å². The molecule has 0 saturated heterocycles. The smallest absolute Gasteiger partial charge is 0.280 e. The van der Waals surface area contributed by atoms with Crippen LogP contribution in [0.3, 0.4) is 0 Å². The van der Waals surface area contributed by atoms with Crippen LogP contribution in [0.5, 0.6) is 0 Å². The van der Waals surface area contributed by atoms with Gasteiger partial charge in [-0.2, -0.15) is 5.10 Å². The third-order valence-electron chi connectivity index (χ3n) is 4.82. The van der Waals surface area contributed by atoms with Crippen LogP contribution in [0.2, 0.25) is 5.02 Å². The molecule has 2 aromatic carbocycles. The highest BCUT2D eigenvalue weighted by Crippen LogP contribution is 2.25. The molecule has 0 bridgehead atoms. The van der Waals surface area contributed by atoms with Gasteiger partial charge < -0.3 is 0 Å². The fourth-order valence-corrected chi connectivity index (χ4v) is 4.34. The second-order valence-electron chi connectivity index (χ2n) is 6.93. The zero-order valence-corrected chi connectivity index (χ0v) is 18.2. The fraction of sp³-hybridized carbons (Fsp3) is 0.227. The fourth-order valence-electron chi connectivity index (χ4n) is 3.27. The van der Waals surface area contributed by atoms with Crippen molar-refractivity contribution in [1.82, 2.24) is 19.3 Å². The van der Waals surface area contributed by atoms with E-state index < -0.39 is 0 Å². The molecule has 4 aromatic rings. The Balaban J connectivity index is 1.79. The van der Waals surface area contributed by atoms with Gasteiger partial charge in [0.05, 0.1) is 12.2 Å². The van der Waals surface area contributed by atoms with Crippen LogP contribution in [0.15, 0.2) is 58.5 Å². The minimum Gasteiger partial charge on any atom is -0.281 e. The number of hydrogen-bond donors (Lipinski definition) is 0. The van der Waals surface area contributed by atoms with Crippen LogP contribution < -0.4 is 5.56 Å². The topological polar surface area (TPSA) is 52.7 Å². The molecule has 4 rings (SSSR count). The quantitative estimate of drug-likeness (QED) is 0.309. The summed E-state index contributed by atoms with van der Waals surface area (Å²) in [6.45, 7) is 4.69. The van der Waals surface area contributed by atoms with Gasteiger partial charge >= 0.3 is 0 Å². The second-order valence-corrected chi connectivity index (χ2v) is 8.30. The van der Waals surface area contributed by atoms with Crippen molar-refractivity contribution in [2.45, 2.75) is 37.8 Å². The van der Waals surface area contributed by atoms with Gasteiger partial charge in [-0.1, -0.05) is 47.6 Å². The molecule has 2 heterocycles. The zero-order chi connectivity index (χ0) is 21.3. The van der Waals surface area contributed by atoms with E-state index in [0.29, 0.717) is 40.1 Å². The van der Waals surface area contributed by atoms with Crippen LogP contribution in [0.25, 0.3) is 11.0 Å². The second kappa shape index (κ2) is 8.62. The Morgan fingerprint density at radius 3 is 2.40 bits per heavy atom. The third-order valence-corrected chi connectivity index (χ3v) is 6.12. The van der Waals surface area contributed by atoms with Crippen molar-refractivity contribution < 1.29 is 4.39 Å². The van der Waals surface area contributed by atoms with Crippen molar-refractivity contribution >= 4 is 34.4 Å². The Hall–Kier alpha value is -2.64. The number of halogens is 2. The lowest BCUT2D eigenvalue weighted by atomic mass is 10.2. The molecule has 0 N–H and O–H groups in total. The van der Waals surface area contributed by atoms with E-state index in [1.165, 1.54) is 23.9 Å². The standard InChI is InChI=1S/C22H20ClFN4OS/c1-3-28-20-19(14(2)26-28)25-22(30-13-16-4-8-17(23)9-5-16)27(21(20)29)12-15-6-10-18(24)11-7-15/h4-11H,3,12-13H2,1-2H3. The molecule has 2 aromatic heterocycles. The molecule has 8 heteroatoms. The lowest BCUT2D eigenvalue weighted by Crippen LogP contribution is -2.25. The van der Waals surface area contributed by atoms with Crippen molar-refractivity contribution in [2.75, 3.05) is 0 Å². The molecule has 0 amide bonds. The first-order valence-electron chi connectivity index (χ1n) is 9.56. The van der Waals surface area contributed by atoms with Crippen LogP contribution in [-0.4, -0.2) is 19.3 Å². The molecule has 0 radical (unpaired) electrons. The molecule has 0 aliphatic heterocycles. The summed E-state index contributed by atoms with van der Waals surface area (Å²) in [4.78, 5) is 18.2. The molecular formula is C22H20ClFN4OS. The zero-order valence-electron chi connectivity index (χ0n) is 16.6. The average molecular weight is 443 g/mol. The third kappa shape index (κ3) is 4.13. The van der Waals surface area contributed by atoms with E-state index >= 15 is 0 Å². The van der Waals surface area contributed by atoms with E-state index in [2.05, 4.69) is 5.10 Å². The summed E-state index contributed by atoms with van der Waals surface area (Å²) < 4.78 is 16.7. The summed E-state index contributed by atoms with van der Waals surface area (Å²) in [7, 11) is 0. The number of aromatic nitrogens is 4. The monoisotopic (exact) mass is 442 g/mol. The lowest BCUT2D eigenvalue weighted by molar-refractivity contribution is 0.620. The molecule has 5 nitrogen and oxygen atoms in total. The normalized spacial score (nSPS) is 11.3. The average Bonchev–Trinajstić information content (AvgIpc) is 3.07. The van der Waals surface area contributed by atoms with E-state index in [1.807, 2.05) is 38.1 Å². The summed E-state index contributed by atoms with van der Waals surface area (Å²) in [5.41, 5.74) is 3.60. The van der Waals surface area contributed by atoms with E-state index in [0.717, 1.165) is 16.8 Å². The number of hydrogen-bond acceptors (Lipinski definition) is 4. The van der Waals surface area contributed by atoms with E-state index in [-0.39, 0.29) is 11.4 Å². The molecule has 0 spiro atoms. The molecule has 0 aliphatic carbocycles. The highest BCUT2D eigenvalue weighted by Gasteiger charge is 2.18. The number of nitrogens with zero attached hydrogens (tertiary/aromatic N) is 4. The van der Waals surface area contributed by atoms with Crippen LogP contribution in [0, 0.1) is 12.7 Å². The maximum Gasteiger partial charge on any atom is 0.280 e. The highest BCUT2D eigenvalue weighted by molar-refractivity contribution is 7.98. The first-order valence-corrected chi connectivity index (χ1v) is 10.9. The Morgan fingerprint density at radius 1 is 1.07 bits per heavy atom. The number of thioether (sulfide) groups is 1. The number of benzene rings is 2. The van der Waals surface area contributed by atoms with Crippen molar-refractivity contribution in [1.29, 1.82) is 0 Å². The van der Waals surface area contributed by atoms with Crippen LogP contribution in [-0.2, 0) is 18.8 Å². The molecule has 154 valence electrons. The predicted molar refractivity (Wildman–Crippen MR) is 119 cm³/mol. The summed E-state index contributed by atoms with van der Waals surface area (Å²) in [6.07, 6.45) is 0. The summed E-state index contributed by atoms with van der Waals surface area (Å²) in [5, 5.41) is 5.75. The SMILES string of the molecule is CCn1nc(C)c2nc(SCc3ccc(Cl)cc3)n(Cc3ccc(F)cc3)c(=O)c21. The van der Waals surface area contributed by atoms with Gasteiger partial charge in [-0.05, 0) is 49.2 Å². The van der Waals surface area contributed by atoms with Crippen LogP contribution in [0.4, 0.5) is 4.39 Å². The van der Waals surface area contributed by atoms with Crippen molar-refractivity contribution in [2.24, 2.45) is 0 Å². The summed E-state index contributed by atoms with van der Waals surface area (Å²) >= 11 is 7.46. The summed E-state index contributed by atoms with van der Waals surface area (Å²) in [6, 6.07) is 13.8. The van der Waals surface area contributed by atoms with Crippen LogP contribution >= 0.6 is 23.4 Å². The Kier molecular flexibility index (Phi) is 5.92. The van der Waals surface area contributed by atoms with Gasteiger partial charge in [-0.3, -0.25) is 14.0 Å². The Bertz CT molecular complexity index is 1250. The highest BCUT2D eigenvalue weighted by atomic mass is 35.5. The van der Waals surface area contributed by atoms with Gasteiger partial charge in [0.25, 0.3) is 5.56 Å². The minimum absolute atomic E-state index is 0.148. The van der Waals surface area contributed by atoms with E-state index in [1.54, 1.807) is 21.4 Å². The van der Waals surface area contributed by atoms with Crippen molar-refractivity contribution in [3.05, 3.63) is 86.5 Å². The molecular weight excluding hydrogens is 423 g/mol. The lowest BCUT2D eigenvalue weighted by Gasteiger charge is -2.13. The predicted octanol–water partition coefficient (Wildman–Crippen LogP) is 5.05. The first kappa shape index (κ1) is 20.6. The van der Waals surface area contributed by atoms with Gasteiger partial charge in [-0.15, -0.1) is 0 Å². The van der Waals surface area contributed by atoms with E-state index in [4.69, 9.17) is 16.6 Å². The van der Waals surface area contributed by atoms with Gasteiger partial charge in [-0.25, -0.2) is 9.37 Å². The summed E-state index contributed by atoms with van der Waals surface area (Å²) in [5.74, 6) is 0.330. The van der Waals surface area contributed by atoms with Crippen molar-refractivity contribution in [3.8, 4) is 0 Å². The maximum absolute atomic E-state index is 13.4. The van der Waals surface area contributed by atoms with Gasteiger partial charge in [0.2, 0.25) is 0 Å². The molecule has 0 unspecified atom stereocenters.